The molecule has 1 heterocycles. The van der Waals surface area contributed by atoms with Crippen molar-refractivity contribution in [2.24, 2.45) is 0 Å². The fourth-order valence-corrected chi connectivity index (χ4v) is 2.74. The smallest absolute Gasteiger partial charge is 0.112 e. The van der Waals surface area contributed by atoms with Crippen molar-refractivity contribution in [3.8, 4) is 0 Å². The number of aromatic amines is 1. The van der Waals surface area contributed by atoms with E-state index < -0.39 is 0 Å². The molecule has 0 spiro atoms. The topological polar surface area (TPSA) is 40.7 Å². The molecule has 0 unspecified atom stereocenters. The second-order valence-electron chi connectivity index (χ2n) is 5.00. The van der Waals surface area contributed by atoms with Crippen LogP contribution in [0.4, 0.5) is 5.69 Å². The number of rotatable bonds is 2. The molecular formula is C14H19N3. The Kier molecular flexibility index (Phi) is 2.75. The zero-order chi connectivity index (χ0) is 11.7. The molecule has 2 aromatic rings. The number of para-hydroxylation sites is 1. The highest BCUT2D eigenvalue weighted by Crippen LogP contribution is 2.26. The van der Waals surface area contributed by atoms with Crippen LogP contribution < -0.4 is 5.32 Å². The number of fused-ring (bicyclic) bond motifs is 1. The minimum atomic E-state index is 0.631. The van der Waals surface area contributed by atoms with Gasteiger partial charge in [-0.2, -0.15) is 0 Å². The first kappa shape index (κ1) is 10.6. The number of benzene rings is 1. The molecular weight excluding hydrogens is 210 g/mol. The molecule has 3 heteroatoms. The molecule has 1 aromatic heterocycles. The highest BCUT2D eigenvalue weighted by atomic mass is 15.0. The first-order valence-electron chi connectivity index (χ1n) is 6.55. The number of aromatic nitrogens is 2. The van der Waals surface area contributed by atoms with Crippen LogP contribution in [0.15, 0.2) is 18.2 Å². The summed E-state index contributed by atoms with van der Waals surface area (Å²) >= 11 is 0. The summed E-state index contributed by atoms with van der Waals surface area (Å²) in [6, 6.07) is 6.94. The van der Waals surface area contributed by atoms with Crippen LogP contribution >= 0.6 is 0 Å². The van der Waals surface area contributed by atoms with E-state index >= 15 is 0 Å². The first-order valence-corrected chi connectivity index (χ1v) is 6.55. The molecule has 90 valence electrons. The predicted octanol–water partition coefficient (Wildman–Crippen LogP) is 3.62. The molecule has 1 saturated carbocycles. The fourth-order valence-electron chi connectivity index (χ4n) is 2.74. The Hall–Kier alpha value is -1.51. The molecule has 0 amide bonds. The van der Waals surface area contributed by atoms with Gasteiger partial charge in [0.1, 0.15) is 11.3 Å². The third-order valence-corrected chi connectivity index (χ3v) is 3.60. The van der Waals surface area contributed by atoms with E-state index in [0.29, 0.717) is 6.04 Å². The molecule has 17 heavy (non-hydrogen) atoms. The van der Waals surface area contributed by atoms with Gasteiger partial charge in [-0.15, -0.1) is 0 Å². The van der Waals surface area contributed by atoms with Gasteiger partial charge in [0.05, 0.1) is 11.2 Å². The Morgan fingerprint density at radius 2 is 2.06 bits per heavy atom. The Balaban J connectivity index is 1.88. The van der Waals surface area contributed by atoms with Crippen LogP contribution in [0, 0.1) is 6.92 Å². The second-order valence-corrected chi connectivity index (χ2v) is 5.00. The van der Waals surface area contributed by atoms with Gasteiger partial charge in [-0.05, 0) is 31.9 Å². The van der Waals surface area contributed by atoms with E-state index in [9.17, 15) is 0 Å². The summed E-state index contributed by atoms with van der Waals surface area (Å²) in [5.41, 5.74) is 3.39. The van der Waals surface area contributed by atoms with Crippen molar-refractivity contribution >= 4 is 16.7 Å². The molecule has 3 rings (SSSR count). The summed E-state index contributed by atoms with van der Waals surface area (Å²) in [5, 5.41) is 3.65. The van der Waals surface area contributed by atoms with Crippen molar-refractivity contribution in [2.45, 2.75) is 45.1 Å². The van der Waals surface area contributed by atoms with Gasteiger partial charge in [-0.3, -0.25) is 0 Å². The van der Waals surface area contributed by atoms with E-state index in [-0.39, 0.29) is 0 Å². The molecule has 0 bridgehead atoms. The lowest BCUT2D eigenvalue weighted by Gasteiger charge is -2.23. The van der Waals surface area contributed by atoms with E-state index in [1.807, 2.05) is 6.92 Å². The van der Waals surface area contributed by atoms with Crippen LogP contribution in [0.1, 0.15) is 37.9 Å². The largest absolute Gasteiger partial charge is 0.381 e. The van der Waals surface area contributed by atoms with E-state index in [2.05, 4.69) is 33.5 Å². The van der Waals surface area contributed by atoms with Gasteiger partial charge < -0.3 is 10.3 Å². The van der Waals surface area contributed by atoms with Crippen molar-refractivity contribution in [3.63, 3.8) is 0 Å². The van der Waals surface area contributed by atoms with Crippen LogP contribution in [-0.4, -0.2) is 16.0 Å². The molecule has 0 atom stereocenters. The molecule has 3 nitrogen and oxygen atoms in total. The van der Waals surface area contributed by atoms with Gasteiger partial charge in [0.15, 0.2) is 0 Å². The van der Waals surface area contributed by atoms with Crippen LogP contribution in [0.3, 0.4) is 0 Å². The normalized spacial score (nSPS) is 17.5. The molecule has 2 N–H and O–H groups in total. The SMILES string of the molecule is Cc1nc2c(NC3CCCCC3)cccc2[nH]1. The van der Waals surface area contributed by atoms with Crippen molar-refractivity contribution in [1.82, 2.24) is 9.97 Å². The summed E-state index contributed by atoms with van der Waals surface area (Å²) in [4.78, 5) is 7.85. The van der Waals surface area contributed by atoms with Crippen molar-refractivity contribution in [2.75, 3.05) is 5.32 Å². The number of anilines is 1. The Labute approximate surface area is 102 Å². The average Bonchev–Trinajstić information content (AvgIpc) is 2.72. The van der Waals surface area contributed by atoms with Gasteiger partial charge in [-0.1, -0.05) is 25.3 Å². The van der Waals surface area contributed by atoms with Crippen molar-refractivity contribution < 1.29 is 0 Å². The maximum Gasteiger partial charge on any atom is 0.112 e. The number of hydrogen-bond acceptors (Lipinski definition) is 2. The lowest BCUT2D eigenvalue weighted by Crippen LogP contribution is -2.22. The molecule has 1 aliphatic rings. The van der Waals surface area contributed by atoms with Crippen LogP contribution in [-0.2, 0) is 0 Å². The molecule has 1 aromatic carbocycles. The number of nitrogens with one attached hydrogen (secondary N) is 2. The first-order chi connectivity index (χ1) is 8.33. The summed E-state index contributed by atoms with van der Waals surface area (Å²) in [7, 11) is 0. The van der Waals surface area contributed by atoms with E-state index in [4.69, 9.17) is 0 Å². The Morgan fingerprint density at radius 1 is 1.24 bits per heavy atom. The standard InChI is InChI=1S/C14H19N3/c1-10-15-12-8-5-9-13(14(12)16-10)17-11-6-3-2-4-7-11/h5,8-9,11,17H,2-4,6-7H2,1H3,(H,15,16). The van der Waals surface area contributed by atoms with Crippen LogP contribution in [0.25, 0.3) is 11.0 Å². The minimum absolute atomic E-state index is 0.631. The summed E-state index contributed by atoms with van der Waals surface area (Å²) in [6.07, 6.45) is 6.68. The van der Waals surface area contributed by atoms with Gasteiger partial charge in [0.25, 0.3) is 0 Å². The molecule has 0 radical (unpaired) electrons. The van der Waals surface area contributed by atoms with E-state index in [1.165, 1.54) is 37.8 Å². The van der Waals surface area contributed by atoms with Crippen molar-refractivity contribution in [1.29, 1.82) is 0 Å². The summed E-state index contributed by atoms with van der Waals surface area (Å²) in [5.74, 6) is 0.984. The Morgan fingerprint density at radius 3 is 2.88 bits per heavy atom. The number of aryl methyl sites for hydroxylation is 1. The zero-order valence-corrected chi connectivity index (χ0v) is 10.3. The number of H-pyrrole nitrogens is 1. The summed E-state index contributed by atoms with van der Waals surface area (Å²) in [6.45, 7) is 2.00. The molecule has 1 fully saturated rings. The lowest BCUT2D eigenvalue weighted by atomic mass is 9.95. The number of imidazole rings is 1. The summed E-state index contributed by atoms with van der Waals surface area (Å²) < 4.78 is 0. The van der Waals surface area contributed by atoms with E-state index in [1.54, 1.807) is 0 Å². The predicted molar refractivity (Wildman–Crippen MR) is 71.3 cm³/mol. The lowest BCUT2D eigenvalue weighted by molar-refractivity contribution is 0.463. The molecule has 0 saturated heterocycles. The zero-order valence-electron chi connectivity index (χ0n) is 10.3. The molecule has 0 aliphatic heterocycles. The number of hydrogen-bond donors (Lipinski definition) is 2. The molecule has 1 aliphatic carbocycles. The van der Waals surface area contributed by atoms with Gasteiger partial charge in [0.2, 0.25) is 0 Å². The van der Waals surface area contributed by atoms with E-state index in [0.717, 1.165) is 16.9 Å². The minimum Gasteiger partial charge on any atom is -0.381 e. The third-order valence-electron chi connectivity index (χ3n) is 3.60. The fraction of sp³-hybridized carbons (Fsp3) is 0.500. The quantitative estimate of drug-likeness (QED) is 0.825. The van der Waals surface area contributed by atoms with Gasteiger partial charge in [0, 0.05) is 6.04 Å². The monoisotopic (exact) mass is 229 g/mol. The third kappa shape index (κ3) is 2.14. The second kappa shape index (κ2) is 4.40. The van der Waals surface area contributed by atoms with Gasteiger partial charge in [-0.25, -0.2) is 4.98 Å². The highest BCUT2D eigenvalue weighted by molar-refractivity contribution is 5.88. The highest BCUT2D eigenvalue weighted by Gasteiger charge is 2.14. The Bertz CT molecular complexity index is 509. The maximum atomic E-state index is 4.56. The average molecular weight is 229 g/mol. The number of nitrogens with zero attached hydrogens (tertiary/aromatic N) is 1. The van der Waals surface area contributed by atoms with Crippen LogP contribution in [0.2, 0.25) is 0 Å². The van der Waals surface area contributed by atoms with Gasteiger partial charge >= 0.3 is 0 Å². The van der Waals surface area contributed by atoms with Crippen LogP contribution in [0.5, 0.6) is 0 Å². The maximum absolute atomic E-state index is 4.56. The van der Waals surface area contributed by atoms with Crippen molar-refractivity contribution in [3.05, 3.63) is 24.0 Å².